The topological polar surface area (TPSA) is 122 Å². The first kappa shape index (κ1) is 24.2. The summed E-state index contributed by atoms with van der Waals surface area (Å²) in [6, 6.07) is 0. The Hall–Kier alpha value is -1.84. The van der Waals surface area contributed by atoms with Crippen LogP contribution in [0, 0.1) is 0 Å². The monoisotopic (exact) mass is 440 g/mol. The average molecular weight is 440 g/mol. The van der Waals surface area contributed by atoms with Crippen LogP contribution in [0.1, 0.15) is 6.92 Å². The van der Waals surface area contributed by atoms with Gasteiger partial charge >= 0.3 is 29.1 Å². The lowest BCUT2D eigenvalue weighted by atomic mass is 10.2. The molecule has 1 unspecified atom stereocenters. The summed E-state index contributed by atoms with van der Waals surface area (Å²) in [6.07, 6.45) is -5.92. The highest BCUT2D eigenvalue weighted by Gasteiger charge is 2.68. The summed E-state index contributed by atoms with van der Waals surface area (Å²) in [5.74, 6) is -8.56. The minimum Gasteiger partial charge on any atom is -0.743 e. The van der Waals surface area contributed by atoms with Crippen LogP contribution in [-0.4, -0.2) is 79.9 Å². The first-order chi connectivity index (χ1) is 12.6. The first-order valence-electron chi connectivity index (χ1n) is 7.35. The summed E-state index contributed by atoms with van der Waals surface area (Å²) in [4.78, 5) is 24.6. The molecule has 162 valence electrons. The van der Waals surface area contributed by atoms with Gasteiger partial charge in [-0.2, -0.15) is 22.0 Å². The van der Waals surface area contributed by atoms with Gasteiger partial charge < -0.3 is 23.7 Å². The van der Waals surface area contributed by atoms with Crippen LogP contribution in [-0.2, 0) is 33.9 Å². The summed E-state index contributed by atoms with van der Waals surface area (Å²) in [7, 11) is -6.44. The third-order valence-corrected chi connectivity index (χ3v) is 4.20. The van der Waals surface area contributed by atoms with Crippen molar-refractivity contribution in [1.82, 2.24) is 4.90 Å². The van der Waals surface area contributed by atoms with E-state index >= 15 is 0 Å². The van der Waals surface area contributed by atoms with Crippen LogP contribution in [0.3, 0.4) is 0 Å². The van der Waals surface area contributed by atoms with Crippen molar-refractivity contribution in [2.75, 3.05) is 32.9 Å². The molecule has 1 heterocycles. The molecule has 15 heteroatoms. The number of carbonyl (C=O) groups is 2. The molecule has 0 bridgehead atoms. The maximum atomic E-state index is 13.7. The van der Waals surface area contributed by atoms with E-state index in [2.05, 4.69) is 16.1 Å². The smallest absolute Gasteiger partial charge is 0.466 e. The van der Waals surface area contributed by atoms with Gasteiger partial charge in [0.25, 0.3) is 0 Å². The van der Waals surface area contributed by atoms with Crippen molar-refractivity contribution in [3.8, 4) is 0 Å². The van der Waals surface area contributed by atoms with Gasteiger partial charge in [-0.05, 0) is 6.92 Å². The number of hydrogen-bond acceptors (Lipinski definition) is 8. The molecular formula is C13H15F5NO8S-. The highest BCUT2D eigenvalue weighted by Crippen LogP contribution is 2.39. The molecule has 1 aliphatic rings. The fourth-order valence-electron chi connectivity index (χ4n) is 1.85. The van der Waals surface area contributed by atoms with Crippen LogP contribution in [0.4, 0.5) is 22.0 Å². The number of halogens is 5. The van der Waals surface area contributed by atoms with E-state index in [4.69, 9.17) is 4.74 Å². The summed E-state index contributed by atoms with van der Waals surface area (Å²) in [5, 5.41) is -5.34. The molecule has 0 aromatic rings. The zero-order valence-corrected chi connectivity index (χ0v) is 15.1. The van der Waals surface area contributed by atoms with Crippen LogP contribution >= 0.6 is 0 Å². The summed E-state index contributed by atoms with van der Waals surface area (Å²) < 4.78 is 112. The Balaban J connectivity index is 3.41. The third-order valence-electron chi connectivity index (χ3n) is 3.35. The Labute approximate surface area is 155 Å². The molecule has 0 radical (unpaired) electrons. The van der Waals surface area contributed by atoms with E-state index in [0.717, 1.165) is 6.92 Å². The molecule has 0 aromatic carbocycles. The van der Waals surface area contributed by atoms with Crippen LogP contribution in [0.5, 0.6) is 0 Å². The SMILES string of the molecule is C=C(C)C(=O)OC(OCC(F)(F)S(=O)(=O)[O-])(C(=O)N1CCOCC1)C(F)(F)F. The summed E-state index contributed by atoms with van der Waals surface area (Å²) in [5.41, 5.74) is -0.643. The summed E-state index contributed by atoms with van der Waals surface area (Å²) in [6.45, 7) is -0.0671. The van der Waals surface area contributed by atoms with Crippen molar-refractivity contribution in [3.63, 3.8) is 0 Å². The quantitative estimate of drug-likeness (QED) is 0.183. The van der Waals surface area contributed by atoms with Crippen LogP contribution < -0.4 is 0 Å². The largest absolute Gasteiger partial charge is 0.743 e. The Bertz CT molecular complexity index is 732. The molecule has 1 fully saturated rings. The molecule has 0 aromatic heterocycles. The van der Waals surface area contributed by atoms with Crippen molar-refractivity contribution in [2.24, 2.45) is 0 Å². The molecule has 1 rings (SSSR count). The molecule has 28 heavy (non-hydrogen) atoms. The number of morpholine rings is 1. The fraction of sp³-hybridized carbons (Fsp3) is 0.692. The predicted molar refractivity (Wildman–Crippen MR) is 77.7 cm³/mol. The predicted octanol–water partition coefficient (Wildman–Crippen LogP) is 0.378. The Morgan fingerprint density at radius 1 is 1.18 bits per heavy atom. The van der Waals surface area contributed by atoms with E-state index in [0.29, 0.717) is 4.90 Å². The van der Waals surface area contributed by atoms with Crippen LogP contribution in [0.2, 0.25) is 0 Å². The van der Waals surface area contributed by atoms with E-state index in [9.17, 15) is 44.5 Å². The van der Waals surface area contributed by atoms with Gasteiger partial charge in [0.15, 0.2) is 10.1 Å². The molecule has 0 aliphatic carbocycles. The molecule has 1 saturated heterocycles. The molecule has 1 aliphatic heterocycles. The highest BCUT2D eigenvalue weighted by atomic mass is 32.2. The molecule has 0 saturated carbocycles. The maximum Gasteiger partial charge on any atom is 0.466 e. The van der Waals surface area contributed by atoms with Crippen LogP contribution in [0.25, 0.3) is 0 Å². The number of alkyl halides is 5. The standard InChI is InChI=1S/C13H16F5NO8S/c1-8(2)9(20)27-12(13(16,17)18,10(21)19-3-5-25-6-4-19)26-7-11(14,15)28(22,23)24/h1,3-7H2,2H3,(H,22,23,24)/p-1. The van der Waals surface area contributed by atoms with Gasteiger partial charge in [0.05, 0.1) is 13.2 Å². The van der Waals surface area contributed by atoms with Crippen molar-refractivity contribution in [3.05, 3.63) is 12.2 Å². The van der Waals surface area contributed by atoms with Gasteiger partial charge in [-0.15, -0.1) is 0 Å². The van der Waals surface area contributed by atoms with Gasteiger partial charge in [0, 0.05) is 18.7 Å². The number of carbonyl (C=O) groups excluding carboxylic acids is 2. The van der Waals surface area contributed by atoms with Gasteiger partial charge in [-0.1, -0.05) is 6.58 Å². The second kappa shape index (κ2) is 8.26. The Morgan fingerprint density at radius 2 is 1.68 bits per heavy atom. The zero-order chi connectivity index (χ0) is 22.0. The first-order valence-corrected chi connectivity index (χ1v) is 8.76. The molecule has 1 atom stereocenters. The van der Waals surface area contributed by atoms with E-state index in [1.807, 2.05) is 0 Å². The second-order valence-corrected chi connectivity index (χ2v) is 7.07. The number of nitrogens with zero attached hydrogens (tertiary/aromatic N) is 1. The van der Waals surface area contributed by atoms with Gasteiger partial charge in [0.2, 0.25) is 0 Å². The maximum absolute atomic E-state index is 13.7. The number of hydrogen-bond donors (Lipinski definition) is 0. The molecule has 0 N–H and O–H groups in total. The third kappa shape index (κ3) is 5.15. The van der Waals surface area contributed by atoms with E-state index in [1.54, 1.807) is 0 Å². The lowest BCUT2D eigenvalue weighted by Gasteiger charge is -2.38. The van der Waals surface area contributed by atoms with Gasteiger partial charge in [-0.25, -0.2) is 13.2 Å². The minimum atomic E-state index is -6.44. The Morgan fingerprint density at radius 3 is 2.07 bits per heavy atom. The normalized spacial score (nSPS) is 18.3. The van der Waals surface area contributed by atoms with Gasteiger partial charge in [-0.3, -0.25) is 4.79 Å². The van der Waals surface area contributed by atoms with Crippen molar-refractivity contribution >= 4 is 22.0 Å². The van der Waals surface area contributed by atoms with Crippen molar-refractivity contribution in [2.45, 2.75) is 24.1 Å². The fourth-order valence-corrected chi connectivity index (χ4v) is 2.05. The second-order valence-electron chi connectivity index (χ2n) is 5.57. The number of ether oxygens (including phenoxy) is 3. The number of amides is 1. The molecule has 9 nitrogen and oxygen atoms in total. The number of rotatable bonds is 7. The van der Waals surface area contributed by atoms with Crippen molar-refractivity contribution < 1.29 is 58.7 Å². The minimum absolute atomic E-state index is 0.209. The molecular weight excluding hydrogens is 425 g/mol. The molecule has 1 amide bonds. The Kier molecular flexibility index (Phi) is 7.14. The van der Waals surface area contributed by atoms with Gasteiger partial charge in [0.1, 0.15) is 6.61 Å². The molecule has 0 spiro atoms. The van der Waals surface area contributed by atoms with Crippen LogP contribution in [0.15, 0.2) is 12.2 Å². The van der Waals surface area contributed by atoms with E-state index < -0.39 is 64.5 Å². The van der Waals surface area contributed by atoms with E-state index in [-0.39, 0.29) is 13.2 Å². The van der Waals surface area contributed by atoms with Crippen molar-refractivity contribution in [1.29, 1.82) is 0 Å². The van der Waals surface area contributed by atoms with E-state index in [1.165, 1.54) is 0 Å². The lowest BCUT2D eigenvalue weighted by Crippen LogP contribution is -2.64. The number of esters is 1. The summed E-state index contributed by atoms with van der Waals surface area (Å²) >= 11 is 0. The highest BCUT2D eigenvalue weighted by molar-refractivity contribution is 7.86. The lowest BCUT2D eigenvalue weighted by molar-refractivity contribution is -0.356. The zero-order valence-electron chi connectivity index (χ0n) is 14.3. The average Bonchev–Trinajstić information content (AvgIpc) is 2.56.